The van der Waals surface area contributed by atoms with E-state index >= 15 is 0 Å². The zero-order valence-corrected chi connectivity index (χ0v) is 12.3. The number of hydrogen-bond acceptors (Lipinski definition) is 5. The molecular formula is C13H26N6. The summed E-state index contributed by atoms with van der Waals surface area (Å²) in [5.41, 5.74) is 1.04. The molecule has 1 saturated carbocycles. The molecule has 0 unspecified atom stereocenters. The molecule has 0 bridgehead atoms. The van der Waals surface area contributed by atoms with Crippen LogP contribution in [-0.4, -0.2) is 71.6 Å². The van der Waals surface area contributed by atoms with Crippen LogP contribution in [-0.2, 0) is 13.1 Å². The molecule has 0 aliphatic heterocycles. The molecule has 0 spiro atoms. The molecular weight excluding hydrogens is 240 g/mol. The molecule has 0 atom stereocenters. The number of nitrogens with one attached hydrogen (secondary N) is 1. The van der Waals surface area contributed by atoms with Crippen LogP contribution < -0.4 is 5.32 Å². The van der Waals surface area contributed by atoms with E-state index in [4.69, 9.17) is 0 Å². The molecule has 19 heavy (non-hydrogen) atoms. The number of hydrogen-bond donors (Lipinski definition) is 1. The van der Waals surface area contributed by atoms with Crippen LogP contribution in [0.4, 0.5) is 0 Å². The standard InChI is InChI=1S/C13H26N6/c1-17(2)6-7-18(3)8-9-19-11-13(15-16-19)10-14-12-4-5-12/h11-12,14H,4-10H2,1-3H3. The topological polar surface area (TPSA) is 49.2 Å². The Morgan fingerprint density at radius 1 is 1.26 bits per heavy atom. The predicted molar refractivity (Wildman–Crippen MR) is 75.9 cm³/mol. The van der Waals surface area contributed by atoms with Crippen molar-refractivity contribution < 1.29 is 0 Å². The second-order valence-corrected chi connectivity index (χ2v) is 5.73. The zero-order chi connectivity index (χ0) is 13.7. The van der Waals surface area contributed by atoms with Crippen LogP contribution in [0.3, 0.4) is 0 Å². The molecule has 1 aliphatic rings. The van der Waals surface area contributed by atoms with Gasteiger partial charge in [0.25, 0.3) is 0 Å². The highest BCUT2D eigenvalue weighted by Gasteiger charge is 2.20. The molecule has 1 aromatic rings. The van der Waals surface area contributed by atoms with E-state index in [1.54, 1.807) is 0 Å². The fourth-order valence-corrected chi connectivity index (χ4v) is 1.82. The van der Waals surface area contributed by atoms with Gasteiger partial charge in [-0.15, -0.1) is 5.10 Å². The van der Waals surface area contributed by atoms with E-state index < -0.39 is 0 Å². The zero-order valence-electron chi connectivity index (χ0n) is 12.3. The predicted octanol–water partition coefficient (Wildman–Crippen LogP) is 0.0235. The Labute approximate surface area is 115 Å². The molecule has 1 fully saturated rings. The summed E-state index contributed by atoms with van der Waals surface area (Å²) in [7, 11) is 6.35. The molecule has 0 amide bonds. The van der Waals surface area contributed by atoms with Crippen LogP contribution in [0, 0.1) is 0 Å². The maximum atomic E-state index is 4.19. The monoisotopic (exact) mass is 266 g/mol. The van der Waals surface area contributed by atoms with Gasteiger partial charge in [0.2, 0.25) is 0 Å². The maximum Gasteiger partial charge on any atom is 0.0964 e. The van der Waals surface area contributed by atoms with Crippen molar-refractivity contribution in [3.05, 3.63) is 11.9 Å². The molecule has 2 rings (SSSR count). The number of aromatic nitrogens is 3. The highest BCUT2D eigenvalue weighted by Crippen LogP contribution is 2.18. The highest BCUT2D eigenvalue weighted by atomic mass is 15.4. The smallest absolute Gasteiger partial charge is 0.0964 e. The van der Waals surface area contributed by atoms with E-state index in [1.165, 1.54) is 12.8 Å². The summed E-state index contributed by atoms with van der Waals surface area (Å²) < 4.78 is 1.94. The normalized spacial score (nSPS) is 15.6. The van der Waals surface area contributed by atoms with Gasteiger partial charge >= 0.3 is 0 Å². The van der Waals surface area contributed by atoms with Crippen molar-refractivity contribution in [1.82, 2.24) is 30.1 Å². The number of nitrogens with zero attached hydrogens (tertiary/aromatic N) is 5. The lowest BCUT2D eigenvalue weighted by Crippen LogP contribution is -2.31. The van der Waals surface area contributed by atoms with Crippen molar-refractivity contribution in [1.29, 1.82) is 0 Å². The average molecular weight is 266 g/mol. The molecule has 6 nitrogen and oxygen atoms in total. The first-order chi connectivity index (χ1) is 9.13. The van der Waals surface area contributed by atoms with E-state index in [0.717, 1.165) is 44.5 Å². The average Bonchev–Trinajstić information content (AvgIpc) is 3.10. The van der Waals surface area contributed by atoms with Gasteiger partial charge in [-0.25, -0.2) is 0 Å². The minimum Gasteiger partial charge on any atom is -0.308 e. The van der Waals surface area contributed by atoms with Crippen molar-refractivity contribution in [2.24, 2.45) is 0 Å². The maximum absolute atomic E-state index is 4.19. The van der Waals surface area contributed by atoms with Gasteiger partial charge in [-0.1, -0.05) is 5.21 Å². The van der Waals surface area contributed by atoms with Gasteiger partial charge in [0.15, 0.2) is 0 Å². The Balaban J connectivity index is 1.64. The Morgan fingerprint density at radius 2 is 2.05 bits per heavy atom. The van der Waals surface area contributed by atoms with Crippen molar-refractivity contribution >= 4 is 0 Å². The number of rotatable bonds is 9. The summed E-state index contributed by atoms with van der Waals surface area (Å²) in [5.74, 6) is 0. The first kappa shape index (κ1) is 14.4. The number of likely N-dealkylation sites (N-methyl/N-ethyl adjacent to an activating group) is 2. The van der Waals surface area contributed by atoms with E-state index in [9.17, 15) is 0 Å². The van der Waals surface area contributed by atoms with E-state index in [2.05, 4.69) is 52.8 Å². The summed E-state index contributed by atoms with van der Waals surface area (Å²) in [4.78, 5) is 4.53. The second kappa shape index (κ2) is 6.98. The Morgan fingerprint density at radius 3 is 2.74 bits per heavy atom. The van der Waals surface area contributed by atoms with Gasteiger partial charge in [-0.2, -0.15) is 0 Å². The van der Waals surface area contributed by atoms with Gasteiger partial charge in [-0.3, -0.25) is 4.68 Å². The minimum absolute atomic E-state index is 0.724. The van der Waals surface area contributed by atoms with Crippen LogP contribution in [0.5, 0.6) is 0 Å². The van der Waals surface area contributed by atoms with Gasteiger partial charge in [-0.05, 0) is 34.0 Å². The first-order valence-corrected chi connectivity index (χ1v) is 7.09. The molecule has 6 heteroatoms. The lowest BCUT2D eigenvalue weighted by atomic mass is 10.4. The van der Waals surface area contributed by atoms with Crippen LogP contribution in [0.25, 0.3) is 0 Å². The van der Waals surface area contributed by atoms with Crippen LogP contribution in [0.2, 0.25) is 0 Å². The van der Waals surface area contributed by atoms with Crippen molar-refractivity contribution in [3.63, 3.8) is 0 Å². The van der Waals surface area contributed by atoms with Gasteiger partial charge in [0, 0.05) is 38.4 Å². The molecule has 0 aromatic carbocycles. The second-order valence-electron chi connectivity index (χ2n) is 5.73. The molecule has 108 valence electrons. The van der Waals surface area contributed by atoms with Crippen molar-refractivity contribution in [3.8, 4) is 0 Å². The third-order valence-electron chi connectivity index (χ3n) is 3.38. The third-order valence-corrected chi connectivity index (χ3v) is 3.38. The molecule has 1 aromatic heterocycles. The van der Waals surface area contributed by atoms with Gasteiger partial charge in [0.05, 0.1) is 12.2 Å². The fraction of sp³-hybridized carbons (Fsp3) is 0.846. The SMILES string of the molecule is CN(C)CCN(C)CCn1cc(CNC2CC2)nn1. The van der Waals surface area contributed by atoms with Crippen molar-refractivity contribution in [2.45, 2.75) is 32.0 Å². The first-order valence-electron chi connectivity index (χ1n) is 7.09. The van der Waals surface area contributed by atoms with Gasteiger partial charge < -0.3 is 15.1 Å². The van der Waals surface area contributed by atoms with Crippen LogP contribution >= 0.6 is 0 Å². The van der Waals surface area contributed by atoms with E-state index in [-0.39, 0.29) is 0 Å². The molecule has 1 heterocycles. The lowest BCUT2D eigenvalue weighted by molar-refractivity contribution is 0.269. The van der Waals surface area contributed by atoms with E-state index in [0.29, 0.717) is 0 Å². The van der Waals surface area contributed by atoms with E-state index in [1.807, 2.05) is 4.68 Å². The van der Waals surface area contributed by atoms with Crippen LogP contribution in [0.1, 0.15) is 18.5 Å². The third kappa shape index (κ3) is 5.67. The largest absolute Gasteiger partial charge is 0.308 e. The molecule has 0 saturated heterocycles. The Hall–Kier alpha value is -0.980. The summed E-state index contributed by atoms with van der Waals surface area (Å²) in [6.07, 6.45) is 4.67. The quantitative estimate of drug-likeness (QED) is 0.683. The summed E-state index contributed by atoms with van der Waals surface area (Å²) in [6.45, 7) is 4.93. The lowest BCUT2D eigenvalue weighted by Gasteiger charge is -2.18. The highest BCUT2D eigenvalue weighted by molar-refractivity contribution is 4.94. The summed E-state index contributed by atoms with van der Waals surface area (Å²) in [5, 5.41) is 11.8. The Bertz CT molecular complexity index is 371. The summed E-state index contributed by atoms with van der Waals surface area (Å²) >= 11 is 0. The fourth-order valence-electron chi connectivity index (χ4n) is 1.82. The van der Waals surface area contributed by atoms with Crippen LogP contribution in [0.15, 0.2) is 6.20 Å². The molecule has 0 radical (unpaired) electrons. The minimum atomic E-state index is 0.724. The van der Waals surface area contributed by atoms with Gasteiger partial charge in [0.1, 0.15) is 0 Å². The van der Waals surface area contributed by atoms with Crippen molar-refractivity contribution in [2.75, 3.05) is 40.8 Å². The summed E-state index contributed by atoms with van der Waals surface area (Å²) in [6, 6.07) is 0.724. The molecule has 1 N–H and O–H groups in total. The molecule has 1 aliphatic carbocycles. The Kier molecular flexibility index (Phi) is 5.30.